The summed E-state index contributed by atoms with van der Waals surface area (Å²) in [6.45, 7) is 0. The highest BCUT2D eigenvalue weighted by Crippen LogP contribution is 2.35. The van der Waals surface area contributed by atoms with E-state index in [0.29, 0.717) is 5.69 Å². The van der Waals surface area contributed by atoms with E-state index in [2.05, 4.69) is 11.4 Å². The molecule has 0 aliphatic heterocycles. The Kier molecular flexibility index (Phi) is 4.65. The molecule has 7 heteroatoms. The van der Waals surface area contributed by atoms with E-state index in [1.54, 1.807) is 0 Å². The fourth-order valence-corrected chi connectivity index (χ4v) is 4.98. The number of hydrogen-bond donors (Lipinski definition) is 1. The molecule has 0 aromatic heterocycles. The first-order valence-electron chi connectivity index (χ1n) is 8.86. The third-order valence-electron chi connectivity index (χ3n) is 5.08. The lowest BCUT2D eigenvalue weighted by molar-refractivity contribution is 0.102. The summed E-state index contributed by atoms with van der Waals surface area (Å²) in [5.74, 6) is -0.384. The number of halogens is 1. The maximum Gasteiger partial charge on any atom is 0.255 e. The number of nitrogens with zero attached hydrogens (tertiary/aromatic N) is 1. The molecule has 5 nitrogen and oxygen atoms in total. The number of hydrogen-bond acceptors (Lipinski definition) is 3. The molecule has 0 saturated heterocycles. The van der Waals surface area contributed by atoms with Crippen molar-refractivity contribution >= 4 is 44.0 Å². The first-order chi connectivity index (χ1) is 13.3. The molecule has 0 spiro atoms. The van der Waals surface area contributed by atoms with Gasteiger partial charge < -0.3 is 5.32 Å². The van der Waals surface area contributed by atoms with E-state index in [4.69, 9.17) is 11.6 Å². The van der Waals surface area contributed by atoms with E-state index in [9.17, 15) is 13.2 Å². The molecule has 0 heterocycles. The molecular weight excluding hydrogens is 396 g/mol. The minimum atomic E-state index is -3.75. The SMILES string of the molecule is CN(C)S(=O)(=O)c1cc(C(=O)Nc2ccc3c4c(cccc24)CC3)ccc1Cl. The van der Waals surface area contributed by atoms with E-state index >= 15 is 0 Å². The van der Waals surface area contributed by atoms with E-state index in [1.807, 2.05) is 24.3 Å². The number of rotatable bonds is 4. The summed E-state index contributed by atoms with van der Waals surface area (Å²) < 4.78 is 26.0. The molecule has 144 valence electrons. The first kappa shape index (κ1) is 18.9. The molecule has 0 radical (unpaired) electrons. The van der Waals surface area contributed by atoms with Crippen molar-refractivity contribution in [2.45, 2.75) is 17.7 Å². The second-order valence-corrected chi connectivity index (χ2v) is 9.53. The summed E-state index contributed by atoms with van der Waals surface area (Å²) >= 11 is 6.07. The first-order valence-corrected chi connectivity index (χ1v) is 10.7. The maximum atomic E-state index is 12.8. The second kappa shape index (κ2) is 6.88. The fraction of sp³-hybridized carbons (Fsp3) is 0.190. The zero-order valence-electron chi connectivity index (χ0n) is 15.5. The number of nitrogens with one attached hydrogen (secondary N) is 1. The highest BCUT2D eigenvalue weighted by Gasteiger charge is 2.23. The Balaban J connectivity index is 1.72. The highest BCUT2D eigenvalue weighted by atomic mass is 35.5. The predicted octanol–water partition coefficient (Wildman–Crippen LogP) is 4.09. The van der Waals surface area contributed by atoms with Crippen LogP contribution in [0.25, 0.3) is 10.8 Å². The molecule has 0 unspecified atom stereocenters. The standard InChI is InChI=1S/C21H19ClN2O3S/c1-24(2)28(26,27)19-12-15(8-10-17(19)22)21(25)23-18-11-9-14-7-6-13-4-3-5-16(18)20(13)14/h3-5,8-12H,6-7H2,1-2H3,(H,23,25). The zero-order valence-corrected chi connectivity index (χ0v) is 17.1. The van der Waals surface area contributed by atoms with Crippen molar-refractivity contribution in [1.82, 2.24) is 4.31 Å². The summed E-state index contributed by atoms with van der Waals surface area (Å²) in [4.78, 5) is 12.8. The van der Waals surface area contributed by atoms with Crippen molar-refractivity contribution in [1.29, 1.82) is 0 Å². The molecule has 0 bridgehead atoms. The van der Waals surface area contributed by atoms with Crippen LogP contribution < -0.4 is 5.32 Å². The number of benzene rings is 3. The lowest BCUT2D eigenvalue weighted by Gasteiger charge is -2.14. The molecule has 0 atom stereocenters. The van der Waals surface area contributed by atoms with Gasteiger partial charge in [-0.3, -0.25) is 4.79 Å². The van der Waals surface area contributed by atoms with Crippen LogP contribution in [0.5, 0.6) is 0 Å². The molecule has 3 aromatic rings. The second-order valence-electron chi connectivity index (χ2n) is 7.00. The van der Waals surface area contributed by atoms with Gasteiger partial charge in [-0.15, -0.1) is 0 Å². The molecule has 28 heavy (non-hydrogen) atoms. The van der Waals surface area contributed by atoms with Gasteiger partial charge in [0.15, 0.2) is 0 Å². The molecule has 1 amide bonds. The van der Waals surface area contributed by atoms with E-state index in [1.165, 1.54) is 48.8 Å². The molecule has 4 rings (SSSR count). The molecule has 0 saturated carbocycles. The quantitative estimate of drug-likeness (QED) is 0.699. The Labute approximate surface area is 169 Å². The topological polar surface area (TPSA) is 66.5 Å². The van der Waals surface area contributed by atoms with Crippen LogP contribution >= 0.6 is 11.6 Å². The maximum absolute atomic E-state index is 12.8. The van der Waals surface area contributed by atoms with Crippen LogP contribution in [0.3, 0.4) is 0 Å². The predicted molar refractivity (Wildman–Crippen MR) is 112 cm³/mol. The number of amides is 1. The monoisotopic (exact) mass is 414 g/mol. The van der Waals surface area contributed by atoms with Gasteiger partial charge in [-0.05, 0) is 53.6 Å². The normalized spacial score (nSPS) is 13.3. The van der Waals surface area contributed by atoms with Crippen molar-refractivity contribution in [3.63, 3.8) is 0 Å². The van der Waals surface area contributed by atoms with Gasteiger partial charge in [0.1, 0.15) is 4.90 Å². The molecule has 3 aromatic carbocycles. The molecule has 0 fully saturated rings. The summed E-state index contributed by atoms with van der Waals surface area (Å²) in [6.07, 6.45) is 2.01. The minimum absolute atomic E-state index is 0.0792. The van der Waals surface area contributed by atoms with Crippen LogP contribution in [0.2, 0.25) is 5.02 Å². The van der Waals surface area contributed by atoms with Gasteiger partial charge in [-0.2, -0.15) is 0 Å². The number of carbonyl (C=O) groups excluding carboxylic acids is 1. The van der Waals surface area contributed by atoms with E-state index in [0.717, 1.165) is 22.5 Å². The van der Waals surface area contributed by atoms with Gasteiger partial charge in [0.2, 0.25) is 10.0 Å². The smallest absolute Gasteiger partial charge is 0.255 e. The summed E-state index contributed by atoms with van der Waals surface area (Å²) in [7, 11) is -0.909. The Morgan fingerprint density at radius 3 is 2.46 bits per heavy atom. The van der Waals surface area contributed by atoms with Crippen LogP contribution in [0, 0.1) is 0 Å². The lowest BCUT2D eigenvalue weighted by Crippen LogP contribution is -2.23. The van der Waals surface area contributed by atoms with E-state index in [-0.39, 0.29) is 21.4 Å². The van der Waals surface area contributed by atoms with Crippen molar-refractivity contribution < 1.29 is 13.2 Å². The van der Waals surface area contributed by atoms with Crippen LogP contribution in [0.15, 0.2) is 53.4 Å². The van der Waals surface area contributed by atoms with Gasteiger partial charge in [-0.25, -0.2) is 12.7 Å². The number of aryl methyl sites for hydroxylation is 2. The van der Waals surface area contributed by atoms with Crippen molar-refractivity contribution in [3.8, 4) is 0 Å². The number of carbonyl (C=O) groups is 1. The van der Waals surface area contributed by atoms with Gasteiger partial charge in [-0.1, -0.05) is 35.9 Å². The van der Waals surface area contributed by atoms with E-state index < -0.39 is 10.0 Å². The van der Waals surface area contributed by atoms with Gasteiger partial charge in [0, 0.05) is 30.7 Å². The van der Waals surface area contributed by atoms with Gasteiger partial charge in [0.25, 0.3) is 5.91 Å². The van der Waals surface area contributed by atoms with Crippen molar-refractivity contribution in [3.05, 3.63) is 70.2 Å². The lowest BCUT2D eigenvalue weighted by atomic mass is 10.0. The van der Waals surface area contributed by atoms with Crippen LogP contribution in [-0.4, -0.2) is 32.7 Å². The third-order valence-corrected chi connectivity index (χ3v) is 7.37. The molecular formula is C21H19ClN2O3S. The highest BCUT2D eigenvalue weighted by molar-refractivity contribution is 7.89. The Hall–Kier alpha value is -2.41. The average molecular weight is 415 g/mol. The fourth-order valence-electron chi connectivity index (χ4n) is 3.59. The van der Waals surface area contributed by atoms with Gasteiger partial charge in [0.05, 0.1) is 5.02 Å². The summed E-state index contributed by atoms with van der Waals surface area (Å²) in [6, 6.07) is 14.3. The summed E-state index contributed by atoms with van der Waals surface area (Å²) in [5, 5.41) is 5.20. The van der Waals surface area contributed by atoms with Crippen molar-refractivity contribution in [2.75, 3.05) is 19.4 Å². The largest absolute Gasteiger partial charge is 0.321 e. The Morgan fingerprint density at radius 1 is 1.04 bits per heavy atom. The van der Waals surface area contributed by atoms with Crippen molar-refractivity contribution in [2.24, 2.45) is 0 Å². The van der Waals surface area contributed by atoms with Crippen LogP contribution in [0.4, 0.5) is 5.69 Å². The number of sulfonamides is 1. The van der Waals surface area contributed by atoms with Gasteiger partial charge >= 0.3 is 0 Å². The summed E-state index contributed by atoms with van der Waals surface area (Å²) in [5.41, 5.74) is 3.51. The number of anilines is 1. The Morgan fingerprint density at radius 2 is 1.75 bits per heavy atom. The molecule has 1 aliphatic carbocycles. The molecule has 1 N–H and O–H groups in total. The zero-order chi connectivity index (χ0) is 20.1. The van der Waals surface area contributed by atoms with Crippen LogP contribution in [-0.2, 0) is 22.9 Å². The van der Waals surface area contributed by atoms with Crippen LogP contribution in [0.1, 0.15) is 21.5 Å². The minimum Gasteiger partial charge on any atom is -0.321 e. The third kappa shape index (κ3) is 3.07. The molecule has 1 aliphatic rings. The Bertz CT molecular complexity index is 1210. The average Bonchev–Trinajstić information content (AvgIpc) is 3.08.